The van der Waals surface area contributed by atoms with Crippen molar-refractivity contribution >= 4 is 11.6 Å². The third kappa shape index (κ3) is 4.60. The average molecular weight is 403 g/mol. The highest BCUT2D eigenvalue weighted by Gasteiger charge is 2.43. The quantitative estimate of drug-likeness (QED) is 0.593. The highest BCUT2D eigenvalue weighted by Crippen LogP contribution is 2.54. The minimum atomic E-state index is 0.302. The molecule has 2 nitrogen and oxygen atoms in total. The van der Waals surface area contributed by atoms with E-state index in [0.717, 1.165) is 10.9 Å². The van der Waals surface area contributed by atoms with Gasteiger partial charge in [-0.2, -0.15) is 0 Å². The number of halogens is 1. The maximum atomic E-state index is 6.18. The Labute approximate surface area is 177 Å². The molecule has 0 aromatic heterocycles. The zero-order valence-corrected chi connectivity index (χ0v) is 19.0. The maximum Gasteiger partial charge on any atom is 0.0406 e. The molecule has 0 bridgehead atoms. The van der Waals surface area contributed by atoms with Gasteiger partial charge in [0.15, 0.2) is 0 Å². The first kappa shape index (κ1) is 20.7. The third-order valence-electron chi connectivity index (χ3n) is 8.03. The Bertz CT molecular complexity index is 634. The molecule has 2 aliphatic carbocycles. The van der Waals surface area contributed by atoms with Crippen LogP contribution in [0.5, 0.6) is 0 Å². The summed E-state index contributed by atoms with van der Waals surface area (Å²) >= 11 is 6.18. The fourth-order valence-electron chi connectivity index (χ4n) is 6.35. The molecular formula is C25H39ClN2. The van der Waals surface area contributed by atoms with Crippen molar-refractivity contribution in [1.29, 1.82) is 0 Å². The monoisotopic (exact) mass is 402 g/mol. The summed E-state index contributed by atoms with van der Waals surface area (Å²) in [6.45, 7) is 13.2. The molecule has 1 aromatic rings. The van der Waals surface area contributed by atoms with E-state index in [4.69, 9.17) is 11.6 Å². The predicted octanol–water partition coefficient (Wildman–Crippen LogP) is 6.20. The molecule has 3 fully saturated rings. The SMILES string of the molecule is CC(C)(C)N1CCN(CC2CC3(CCCC3)CCC2c2ccc(Cl)cc2)CC1. The molecule has 4 rings (SSSR count). The predicted molar refractivity (Wildman–Crippen MR) is 120 cm³/mol. The van der Waals surface area contributed by atoms with Gasteiger partial charge in [0.2, 0.25) is 0 Å². The van der Waals surface area contributed by atoms with Gasteiger partial charge in [-0.15, -0.1) is 0 Å². The van der Waals surface area contributed by atoms with Crippen molar-refractivity contribution in [3.63, 3.8) is 0 Å². The number of hydrogen-bond acceptors (Lipinski definition) is 2. The molecule has 3 aliphatic rings. The Morgan fingerprint density at radius 1 is 0.964 bits per heavy atom. The summed E-state index contributed by atoms with van der Waals surface area (Å²) in [7, 11) is 0. The van der Waals surface area contributed by atoms with E-state index in [9.17, 15) is 0 Å². The standard InChI is InChI=1S/C25H39ClN2/c1-24(2,3)28-16-14-27(15-17-28)19-21-18-25(11-4-5-12-25)13-10-23(21)20-6-8-22(26)9-7-20/h6-9,21,23H,4-5,10-19H2,1-3H3. The van der Waals surface area contributed by atoms with E-state index in [0.29, 0.717) is 16.9 Å². The summed E-state index contributed by atoms with van der Waals surface area (Å²) in [5, 5.41) is 0.863. The number of nitrogens with zero attached hydrogens (tertiary/aromatic N) is 2. The van der Waals surface area contributed by atoms with E-state index in [-0.39, 0.29) is 0 Å². The number of hydrogen-bond donors (Lipinski definition) is 0. The van der Waals surface area contributed by atoms with E-state index >= 15 is 0 Å². The van der Waals surface area contributed by atoms with E-state index in [1.54, 1.807) is 0 Å². The molecule has 156 valence electrons. The normalized spacial score (nSPS) is 29.4. The molecule has 1 aliphatic heterocycles. The van der Waals surface area contributed by atoms with Crippen LogP contribution in [-0.2, 0) is 0 Å². The van der Waals surface area contributed by atoms with E-state index in [1.807, 2.05) is 0 Å². The smallest absolute Gasteiger partial charge is 0.0406 e. The Kier molecular flexibility index (Phi) is 6.12. The molecule has 1 aromatic carbocycles. The lowest BCUT2D eigenvalue weighted by Gasteiger charge is -2.47. The molecule has 1 saturated heterocycles. The number of rotatable bonds is 3. The lowest BCUT2D eigenvalue weighted by atomic mass is 9.62. The maximum absolute atomic E-state index is 6.18. The van der Waals surface area contributed by atoms with Gasteiger partial charge >= 0.3 is 0 Å². The van der Waals surface area contributed by atoms with Crippen LogP contribution in [0.25, 0.3) is 0 Å². The van der Waals surface area contributed by atoms with Gasteiger partial charge < -0.3 is 4.90 Å². The van der Waals surface area contributed by atoms with Crippen molar-refractivity contribution in [2.75, 3.05) is 32.7 Å². The minimum absolute atomic E-state index is 0.302. The summed E-state index contributed by atoms with van der Waals surface area (Å²) in [4.78, 5) is 5.42. The molecule has 3 heteroatoms. The lowest BCUT2D eigenvalue weighted by molar-refractivity contribution is 0.0359. The molecule has 2 unspecified atom stereocenters. The van der Waals surface area contributed by atoms with Crippen LogP contribution in [0, 0.1) is 11.3 Å². The Morgan fingerprint density at radius 3 is 2.21 bits per heavy atom. The molecule has 28 heavy (non-hydrogen) atoms. The summed E-state index contributed by atoms with van der Waals surface area (Å²) in [6, 6.07) is 8.78. The highest BCUT2D eigenvalue weighted by atomic mass is 35.5. The highest BCUT2D eigenvalue weighted by molar-refractivity contribution is 6.30. The van der Waals surface area contributed by atoms with Gasteiger partial charge in [-0.3, -0.25) is 4.90 Å². The number of piperazine rings is 1. The second-order valence-electron chi connectivity index (χ2n) is 10.8. The van der Waals surface area contributed by atoms with Gasteiger partial charge in [0, 0.05) is 43.3 Å². The van der Waals surface area contributed by atoms with E-state index in [1.165, 1.54) is 83.2 Å². The van der Waals surface area contributed by atoms with E-state index < -0.39 is 0 Å². The second kappa shape index (κ2) is 8.28. The molecule has 0 radical (unpaired) electrons. The summed E-state index contributed by atoms with van der Waals surface area (Å²) in [6.07, 6.45) is 10.1. The van der Waals surface area contributed by atoms with Crippen LogP contribution in [0.3, 0.4) is 0 Å². The first-order valence-corrected chi connectivity index (χ1v) is 12.0. The van der Waals surface area contributed by atoms with Crippen molar-refractivity contribution in [2.24, 2.45) is 11.3 Å². The van der Waals surface area contributed by atoms with Crippen LogP contribution in [0.4, 0.5) is 0 Å². The van der Waals surface area contributed by atoms with Gasteiger partial charge in [-0.05, 0) is 87.8 Å². The molecular weight excluding hydrogens is 364 g/mol. The molecule has 1 heterocycles. The van der Waals surface area contributed by atoms with Gasteiger partial charge in [-0.25, -0.2) is 0 Å². The van der Waals surface area contributed by atoms with Crippen molar-refractivity contribution in [3.8, 4) is 0 Å². The lowest BCUT2D eigenvalue weighted by Crippen LogP contribution is -2.54. The van der Waals surface area contributed by atoms with Crippen LogP contribution in [0.1, 0.15) is 77.2 Å². The molecule has 0 amide bonds. The largest absolute Gasteiger partial charge is 0.300 e. The Morgan fingerprint density at radius 2 is 1.61 bits per heavy atom. The molecule has 1 spiro atoms. The zero-order chi connectivity index (χ0) is 19.8. The van der Waals surface area contributed by atoms with Crippen molar-refractivity contribution in [1.82, 2.24) is 9.80 Å². The minimum Gasteiger partial charge on any atom is -0.300 e. The van der Waals surface area contributed by atoms with Gasteiger partial charge in [0.1, 0.15) is 0 Å². The fraction of sp³-hybridized carbons (Fsp3) is 0.760. The van der Waals surface area contributed by atoms with Crippen LogP contribution in [-0.4, -0.2) is 48.1 Å². The Hall–Kier alpha value is -0.570. The fourth-order valence-corrected chi connectivity index (χ4v) is 6.48. The zero-order valence-electron chi connectivity index (χ0n) is 18.2. The Balaban J connectivity index is 1.46. The van der Waals surface area contributed by atoms with Crippen LogP contribution in [0.15, 0.2) is 24.3 Å². The number of benzene rings is 1. The summed E-state index contributed by atoms with van der Waals surface area (Å²) < 4.78 is 0. The first-order chi connectivity index (χ1) is 13.3. The topological polar surface area (TPSA) is 6.48 Å². The molecule has 2 atom stereocenters. The van der Waals surface area contributed by atoms with Gasteiger partial charge in [0.05, 0.1) is 0 Å². The van der Waals surface area contributed by atoms with Crippen molar-refractivity contribution < 1.29 is 0 Å². The summed E-state index contributed by atoms with van der Waals surface area (Å²) in [5.41, 5.74) is 2.49. The van der Waals surface area contributed by atoms with E-state index in [2.05, 4.69) is 54.8 Å². The van der Waals surface area contributed by atoms with Gasteiger partial charge in [0.25, 0.3) is 0 Å². The third-order valence-corrected chi connectivity index (χ3v) is 8.28. The summed E-state index contributed by atoms with van der Waals surface area (Å²) in [5.74, 6) is 1.51. The molecule has 2 saturated carbocycles. The van der Waals surface area contributed by atoms with Crippen LogP contribution >= 0.6 is 11.6 Å². The van der Waals surface area contributed by atoms with Crippen LogP contribution in [0.2, 0.25) is 5.02 Å². The molecule has 0 N–H and O–H groups in total. The average Bonchev–Trinajstić information content (AvgIpc) is 3.10. The van der Waals surface area contributed by atoms with Gasteiger partial charge in [-0.1, -0.05) is 36.6 Å². The van der Waals surface area contributed by atoms with Crippen molar-refractivity contribution in [2.45, 2.75) is 77.2 Å². The van der Waals surface area contributed by atoms with Crippen molar-refractivity contribution in [3.05, 3.63) is 34.9 Å². The second-order valence-corrected chi connectivity index (χ2v) is 11.3. The van der Waals surface area contributed by atoms with Crippen LogP contribution < -0.4 is 0 Å². The first-order valence-electron chi connectivity index (χ1n) is 11.6.